The second-order valence-electron chi connectivity index (χ2n) is 5.67. The highest BCUT2D eigenvalue weighted by Gasteiger charge is 2.15. The number of aryl methyl sites for hydroxylation is 1. The molecule has 0 aliphatic rings. The molecule has 6 nitrogen and oxygen atoms in total. The lowest BCUT2D eigenvalue weighted by molar-refractivity contribution is 0.428. The van der Waals surface area contributed by atoms with Gasteiger partial charge in [0.15, 0.2) is 11.6 Å². The molecule has 3 heterocycles. The summed E-state index contributed by atoms with van der Waals surface area (Å²) < 4.78 is 21.9. The van der Waals surface area contributed by atoms with Crippen molar-refractivity contribution in [3.63, 3.8) is 0 Å². The van der Waals surface area contributed by atoms with Crippen molar-refractivity contribution < 1.29 is 9.13 Å². The van der Waals surface area contributed by atoms with Gasteiger partial charge in [0, 0.05) is 31.1 Å². The van der Waals surface area contributed by atoms with Crippen molar-refractivity contribution in [2.24, 2.45) is 7.05 Å². The molecule has 0 bridgehead atoms. The van der Waals surface area contributed by atoms with E-state index in [4.69, 9.17) is 22.1 Å². The van der Waals surface area contributed by atoms with Gasteiger partial charge in [-0.15, -0.1) is 0 Å². The fourth-order valence-corrected chi connectivity index (χ4v) is 2.85. The summed E-state index contributed by atoms with van der Waals surface area (Å²) in [4.78, 5) is 12.2. The predicted molar refractivity (Wildman–Crippen MR) is 97.6 cm³/mol. The number of nitrogens with zero attached hydrogens (tertiary/aromatic N) is 4. The first kappa shape index (κ1) is 16.3. The molecule has 0 amide bonds. The summed E-state index contributed by atoms with van der Waals surface area (Å²) in [6.45, 7) is 0. The standard InChI is InChI=1S/C18H13ClFN5O/c1-25-8-12(16-17(21)23-9-24-18(16)25)10-2-4-14(13(20)6-10)26-15-5-3-11(19)7-22-15/h2-9H,1H3,(H2,21,23,24). The van der Waals surface area contributed by atoms with Crippen LogP contribution in [-0.2, 0) is 7.05 Å². The van der Waals surface area contributed by atoms with Crippen molar-refractivity contribution in [3.8, 4) is 22.8 Å². The summed E-state index contributed by atoms with van der Waals surface area (Å²) in [7, 11) is 1.85. The summed E-state index contributed by atoms with van der Waals surface area (Å²) in [5.74, 6) is 0.139. The van der Waals surface area contributed by atoms with Crippen molar-refractivity contribution >= 4 is 28.5 Å². The Kier molecular flexibility index (Phi) is 3.93. The lowest BCUT2D eigenvalue weighted by atomic mass is 10.1. The van der Waals surface area contributed by atoms with Crippen molar-refractivity contribution in [1.82, 2.24) is 19.5 Å². The summed E-state index contributed by atoms with van der Waals surface area (Å²) in [5.41, 5.74) is 8.06. The molecular formula is C18H13ClFN5O. The van der Waals surface area contributed by atoms with E-state index in [-0.39, 0.29) is 11.6 Å². The summed E-state index contributed by atoms with van der Waals surface area (Å²) in [6, 6.07) is 7.86. The van der Waals surface area contributed by atoms with E-state index < -0.39 is 5.82 Å². The summed E-state index contributed by atoms with van der Waals surface area (Å²) >= 11 is 5.78. The maximum absolute atomic E-state index is 14.6. The lowest BCUT2D eigenvalue weighted by Crippen LogP contribution is -1.94. The van der Waals surface area contributed by atoms with Gasteiger partial charge in [-0.1, -0.05) is 17.7 Å². The lowest BCUT2D eigenvalue weighted by Gasteiger charge is -2.08. The second-order valence-corrected chi connectivity index (χ2v) is 6.11. The van der Waals surface area contributed by atoms with Gasteiger partial charge in [0.25, 0.3) is 0 Å². The minimum absolute atomic E-state index is 0.0630. The van der Waals surface area contributed by atoms with Gasteiger partial charge in [-0.05, 0) is 23.8 Å². The van der Waals surface area contributed by atoms with E-state index in [9.17, 15) is 4.39 Å². The van der Waals surface area contributed by atoms with Gasteiger partial charge < -0.3 is 15.0 Å². The SMILES string of the molecule is Cn1cc(-c2ccc(Oc3ccc(Cl)cn3)c(F)c2)c2c(N)ncnc21. The van der Waals surface area contributed by atoms with Crippen molar-refractivity contribution in [2.75, 3.05) is 5.73 Å². The molecule has 26 heavy (non-hydrogen) atoms. The fourth-order valence-electron chi connectivity index (χ4n) is 2.74. The van der Waals surface area contributed by atoms with Crippen LogP contribution in [0.1, 0.15) is 0 Å². The summed E-state index contributed by atoms with van der Waals surface area (Å²) in [5, 5.41) is 1.16. The number of aromatic nitrogens is 4. The van der Waals surface area contributed by atoms with Gasteiger partial charge >= 0.3 is 0 Å². The average Bonchev–Trinajstić information content (AvgIpc) is 2.97. The highest BCUT2D eigenvalue weighted by atomic mass is 35.5. The molecule has 0 fully saturated rings. The van der Waals surface area contributed by atoms with Crippen molar-refractivity contribution in [3.05, 3.63) is 59.9 Å². The number of rotatable bonds is 3. The van der Waals surface area contributed by atoms with Gasteiger partial charge in [-0.2, -0.15) is 0 Å². The number of hydrogen-bond donors (Lipinski definition) is 1. The van der Waals surface area contributed by atoms with Crippen LogP contribution in [0.3, 0.4) is 0 Å². The minimum Gasteiger partial charge on any atom is -0.436 e. The van der Waals surface area contributed by atoms with E-state index in [0.717, 1.165) is 5.56 Å². The van der Waals surface area contributed by atoms with Gasteiger partial charge in [-0.25, -0.2) is 19.3 Å². The van der Waals surface area contributed by atoms with Gasteiger partial charge in [0.05, 0.1) is 10.4 Å². The molecule has 1 aromatic carbocycles. The molecule has 0 unspecified atom stereocenters. The van der Waals surface area contributed by atoms with Gasteiger partial charge in [0.2, 0.25) is 5.88 Å². The topological polar surface area (TPSA) is 78.9 Å². The number of ether oxygens (including phenoxy) is 1. The van der Waals surface area contributed by atoms with Crippen LogP contribution in [0.15, 0.2) is 49.1 Å². The van der Waals surface area contributed by atoms with Crippen molar-refractivity contribution in [1.29, 1.82) is 0 Å². The van der Waals surface area contributed by atoms with E-state index >= 15 is 0 Å². The Labute approximate surface area is 153 Å². The zero-order valence-electron chi connectivity index (χ0n) is 13.6. The maximum Gasteiger partial charge on any atom is 0.219 e. The van der Waals surface area contributed by atoms with E-state index in [0.29, 0.717) is 27.4 Å². The zero-order chi connectivity index (χ0) is 18.3. The van der Waals surface area contributed by atoms with Crippen LogP contribution in [0.25, 0.3) is 22.2 Å². The Morgan fingerprint density at radius 1 is 1.15 bits per heavy atom. The van der Waals surface area contributed by atoms with Crippen LogP contribution in [0.4, 0.5) is 10.2 Å². The molecule has 4 aromatic rings. The molecule has 2 N–H and O–H groups in total. The molecule has 4 rings (SSSR count). The van der Waals surface area contributed by atoms with Crippen LogP contribution in [0, 0.1) is 5.82 Å². The Balaban J connectivity index is 1.74. The molecule has 130 valence electrons. The second kappa shape index (κ2) is 6.27. The molecule has 8 heteroatoms. The van der Waals surface area contributed by atoms with Crippen LogP contribution in [0.5, 0.6) is 11.6 Å². The number of hydrogen-bond acceptors (Lipinski definition) is 5. The number of anilines is 1. The normalized spacial score (nSPS) is 11.0. The molecule has 0 saturated heterocycles. The average molecular weight is 370 g/mol. The zero-order valence-corrected chi connectivity index (χ0v) is 14.4. The number of fused-ring (bicyclic) bond motifs is 1. The number of nitrogen functional groups attached to an aromatic ring is 1. The highest BCUT2D eigenvalue weighted by Crippen LogP contribution is 2.34. The Morgan fingerprint density at radius 2 is 2.00 bits per heavy atom. The van der Waals surface area contributed by atoms with Crippen molar-refractivity contribution in [2.45, 2.75) is 0 Å². The van der Waals surface area contributed by atoms with Crippen LogP contribution in [0.2, 0.25) is 5.02 Å². The van der Waals surface area contributed by atoms with E-state index in [2.05, 4.69) is 15.0 Å². The Bertz CT molecular complexity index is 1110. The van der Waals surface area contributed by atoms with E-state index in [1.54, 1.807) is 24.3 Å². The first-order valence-electron chi connectivity index (χ1n) is 7.68. The van der Waals surface area contributed by atoms with Crippen LogP contribution in [-0.4, -0.2) is 19.5 Å². The smallest absolute Gasteiger partial charge is 0.219 e. The van der Waals surface area contributed by atoms with E-state index in [1.165, 1.54) is 18.6 Å². The van der Waals surface area contributed by atoms with Gasteiger partial charge in [0.1, 0.15) is 17.8 Å². The molecule has 0 spiro atoms. The minimum atomic E-state index is -0.522. The maximum atomic E-state index is 14.6. The molecule has 3 aromatic heterocycles. The third kappa shape index (κ3) is 2.82. The summed E-state index contributed by atoms with van der Waals surface area (Å²) in [6.07, 6.45) is 4.67. The number of nitrogens with two attached hydrogens (primary N) is 1. The Hall–Kier alpha value is -3.19. The number of pyridine rings is 1. The number of halogens is 2. The first-order valence-corrected chi connectivity index (χ1v) is 8.05. The van der Waals surface area contributed by atoms with Crippen LogP contribution >= 0.6 is 11.6 Å². The Morgan fingerprint density at radius 3 is 2.73 bits per heavy atom. The molecule has 0 atom stereocenters. The first-order chi connectivity index (χ1) is 12.5. The molecule has 0 saturated carbocycles. The fraction of sp³-hybridized carbons (Fsp3) is 0.0556. The largest absolute Gasteiger partial charge is 0.436 e. The third-order valence-corrected chi connectivity index (χ3v) is 4.16. The van der Waals surface area contributed by atoms with Crippen LogP contribution < -0.4 is 10.5 Å². The number of benzene rings is 1. The predicted octanol–water partition coefficient (Wildman–Crippen LogP) is 4.20. The molecule has 0 radical (unpaired) electrons. The van der Waals surface area contributed by atoms with Gasteiger partial charge in [-0.3, -0.25) is 0 Å². The van der Waals surface area contributed by atoms with E-state index in [1.807, 2.05) is 17.8 Å². The third-order valence-electron chi connectivity index (χ3n) is 3.94. The monoisotopic (exact) mass is 369 g/mol. The highest BCUT2D eigenvalue weighted by molar-refractivity contribution is 6.30. The quantitative estimate of drug-likeness (QED) is 0.585. The molecule has 0 aliphatic heterocycles. The molecule has 0 aliphatic carbocycles. The molecular weight excluding hydrogens is 357 g/mol.